The molecule has 2 nitrogen and oxygen atoms in total. The summed E-state index contributed by atoms with van der Waals surface area (Å²) in [4.78, 5) is 2.36. The quantitative estimate of drug-likeness (QED) is 0.513. The van der Waals surface area contributed by atoms with Crippen molar-refractivity contribution in [3.05, 3.63) is 12.2 Å². The van der Waals surface area contributed by atoms with E-state index in [9.17, 15) is 0 Å². The second kappa shape index (κ2) is 6.01. The van der Waals surface area contributed by atoms with E-state index in [0.717, 1.165) is 32.5 Å². The molecule has 1 aliphatic rings. The fraction of sp³-hybridized carbons (Fsp3) is 0.700. The molecule has 13 heavy (non-hydrogen) atoms. The lowest BCUT2D eigenvalue weighted by atomic mass is 9.99. The Labute approximate surface area is 84.8 Å². The molecule has 0 aromatic carbocycles. The van der Waals surface area contributed by atoms with Crippen LogP contribution in [0.3, 0.4) is 0 Å². The first kappa shape index (κ1) is 10.6. The third kappa shape index (κ3) is 3.80. The molecule has 1 saturated heterocycles. The summed E-state index contributed by atoms with van der Waals surface area (Å²) in [5, 5.41) is 8.69. The number of likely N-dealkylation sites (tertiary alicyclic amines) is 1. The van der Waals surface area contributed by atoms with Gasteiger partial charge in [-0.25, -0.2) is 0 Å². The molecule has 0 radical (unpaired) electrons. The minimum absolute atomic E-state index is 0.285. The fourth-order valence-electron chi connectivity index (χ4n) is 1.53. The van der Waals surface area contributed by atoms with E-state index in [1.807, 2.05) is 6.08 Å². The summed E-state index contributed by atoms with van der Waals surface area (Å²) in [6.07, 6.45) is 6.11. The highest BCUT2D eigenvalue weighted by molar-refractivity contribution is 6.18. The third-order valence-corrected chi connectivity index (χ3v) is 2.57. The van der Waals surface area contributed by atoms with Crippen LogP contribution in [0.2, 0.25) is 0 Å². The first-order chi connectivity index (χ1) is 6.36. The zero-order chi connectivity index (χ0) is 9.52. The van der Waals surface area contributed by atoms with Gasteiger partial charge in [0.05, 0.1) is 6.07 Å². The number of nitriles is 1. The molecule has 1 fully saturated rings. The molecule has 0 aromatic heterocycles. The molecule has 0 aromatic rings. The van der Waals surface area contributed by atoms with Crippen molar-refractivity contribution in [2.75, 3.05) is 25.5 Å². The third-order valence-electron chi connectivity index (χ3n) is 2.39. The van der Waals surface area contributed by atoms with Gasteiger partial charge in [0.2, 0.25) is 0 Å². The van der Waals surface area contributed by atoms with E-state index < -0.39 is 0 Å². The Kier molecular flexibility index (Phi) is 4.88. The van der Waals surface area contributed by atoms with E-state index in [1.54, 1.807) is 0 Å². The van der Waals surface area contributed by atoms with Crippen LogP contribution < -0.4 is 0 Å². The maximum atomic E-state index is 8.69. The van der Waals surface area contributed by atoms with E-state index in [1.165, 1.54) is 0 Å². The van der Waals surface area contributed by atoms with Crippen LogP contribution >= 0.6 is 11.6 Å². The highest BCUT2D eigenvalue weighted by Crippen LogP contribution is 2.15. The zero-order valence-corrected chi connectivity index (χ0v) is 8.50. The molecule has 0 aliphatic carbocycles. The van der Waals surface area contributed by atoms with Gasteiger partial charge in [0.15, 0.2) is 0 Å². The highest BCUT2D eigenvalue weighted by atomic mass is 35.5. The summed E-state index contributed by atoms with van der Waals surface area (Å²) in [6, 6.07) is 2.33. The second-order valence-electron chi connectivity index (χ2n) is 3.33. The molecule has 0 atom stereocenters. The van der Waals surface area contributed by atoms with Crippen molar-refractivity contribution >= 4 is 11.6 Å². The lowest BCUT2D eigenvalue weighted by Gasteiger charge is -2.27. The van der Waals surface area contributed by atoms with Crippen molar-refractivity contribution in [2.45, 2.75) is 12.8 Å². The largest absolute Gasteiger partial charge is 0.300 e. The SMILES string of the molecule is N#CC1CCN(C/C=C/CCl)CC1. The van der Waals surface area contributed by atoms with Gasteiger partial charge < -0.3 is 0 Å². The van der Waals surface area contributed by atoms with E-state index in [4.69, 9.17) is 16.9 Å². The minimum atomic E-state index is 0.285. The van der Waals surface area contributed by atoms with Gasteiger partial charge in [-0.15, -0.1) is 11.6 Å². The van der Waals surface area contributed by atoms with E-state index in [0.29, 0.717) is 5.88 Å². The normalized spacial score (nSPS) is 20.6. The van der Waals surface area contributed by atoms with Crippen LogP contribution in [-0.4, -0.2) is 30.4 Å². The predicted molar refractivity (Wildman–Crippen MR) is 54.6 cm³/mol. The molecule has 0 N–H and O–H groups in total. The molecule has 0 amide bonds. The number of nitrogens with zero attached hydrogens (tertiary/aromatic N) is 2. The molecule has 1 rings (SSSR count). The second-order valence-corrected chi connectivity index (χ2v) is 3.64. The predicted octanol–water partition coefficient (Wildman–Crippen LogP) is 2.02. The number of hydrogen-bond acceptors (Lipinski definition) is 2. The summed E-state index contributed by atoms with van der Waals surface area (Å²) in [6.45, 7) is 3.07. The molecule has 1 heterocycles. The van der Waals surface area contributed by atoms with E-state index >= 15 is 0 Å². The molecule has 0 unspecified atom stereocenters. The summed E-state index contributed by atoms with van der Waals surface area (Å²) in [5.41, 5.74) is 0. The lowest BCUT2D eigenvalue weighted by molar-refractivity contribution is 0.225. The van der Waals surface area contributed by atoms with Crippen molar-refractivity contribution in [3.8, 4) is 6.07 Å². The van der Waals surface area contributed by atoms with Crippen molar-refractivity contribution in [1.82, 2.24) is 4.90 Å². The number of allylic oxidation sites excluding steroid dienone is 1. The Hall–Kier alpha value is -0.520. The Balaban J connectivity index is 2.18. The standard InChI is InChI=1S/C10H15ClN2/c11-5-1-2-6-13-7-3-10(9-12)4-8-13/h1-2,10H,3-8H2/b2-1+. The van der Waals surface area contributed by atoms with Crippen molar-refractivity contribution < 1.29 is 0 Å². The van der Waals surface area contributed by atoms with E-state index in [-0.39, 0.29) is 5.92 Å². The van der Waals surface area contributed by atoms with Crippen molar-refractivity contribution in [3.63, 3.8) is 0 Å². The van der Waals surface area contributed by atoms with Gasteiger partial charge >= 0.3 is 0 Å². The molecule has 72 valence electrons. The Bertz CT molecular complexity index is 199. The number of piperidine rings is 1. The van der Waals surface area contributed by atoms with Gasteiger partial charge in [-0.3, -0.25) is 4.90 Å². The highest BCUT2D eigenvalue weighted by Gasteiger charge is 2.16. The van der Waals surface area contributed by atoms with Crippen LogP contribution in [-0.2, 0) is 0 Å². The topological polar surface area (TPSA) is 27.0 Å². The Morgan fingerprint density at radius 2 is 2.08 bits per heavy atom. The van der Waals surface area contributed by atoms with E-state index in [2.05, 4.69) is 17.0 Å². The summed E-state index contributed by atoms with van der Waals surface area (Å²) in [7, 11) is 0. The van der Waals surface area contributed by atoms with Crippen molar-refractivity contribution in [1.29, 1.82) is 5.26 Å². The monoisotopic (exact) mass is 198 g/mol. The van der Waals surface area contributed by atoms with Crippen LogP contribution in [0.5, 0.6) is 0 Å². The van der Waals surface area contributed by atoms with Gasteiger partial charge in [-0.05, 0) is 25.9 Å². The van der Waals surface area contributed by atoms with Crippen molar-refractivity contribution in [2.24, 2.45) is 5.92 Å². The van der Waals surface area contributed by atoms with Crippen LogP contribution in [0.1, 0.15) is 12.8 Å². The first-order valence-electron chi connectivity index (χ1n) is 4.69. The smallest absolute Gasteiger partial charge is 0.0656 e. The molecule has 1 aliphatic heterocycles. The van der Waals surface area contributed by atoms with Gasteiger partial charge in [-0.1, -0.05) is 12.2 Å². The zero-order valence-electron chi connectivity index (χ0n) is 7.75. The molecule has 0 spiro atoms. The number of rotatable bonds is 3. The molecule has 0 saturated carbocycles. The Morgan fingerprint density at radius 1 is 1.38 bits per heavy atom. The van der Waals surface area contributed by atoms with Gasteiger partial charge in [0.25, 0.3) is 0 Å². The molecule has 0 bridgehead atoms. The number of hydrogen-bond donors (Lipinski definition) is 0. The van der Waals surface area contributed by atoms with Gasteiger partial charge in [0, 0.05) is 18.3 Å². The van der Waals surface area contributed by atoms with Crippen LogP contribution in [0, 0.1) is 17.2 Å². The van der Waals surface area contributed by atoms with Gasteiger partial charge in [0.1, 0.15) is 0 Å². The summed E-state index contributed by atoms with van der Waals surface area (Å²) >= 11 is 5.52. The fourth-order valence-corrected chi connectivity index (χ4v) is 1.66. The average molecular weight is 199 g/mol. The maximum Gasteiger partial charge on any atom is 0.0656 e. The number of halogens is 1. The van der Waals surface area contributed by atoms with Gasteiger partial charge in [-0.2, -0.15) is 5.26 Å². The lowest BCUT2D eigenvalue weighted by Crippen LogP contribution is -2.33. The van der Waals surface area contributed by atoms with Crippen LogP contribution in [0.15, 0.2) is 12.2 Å². The summed E-state index contributed by atoms with van der Waals surface area (Å²) in [5.74, 6) is 0.877. The summed E-state index contributed by atoms with van der Waals surface area (Å²) < 4.78 is 0. The number of alkyl halides is 1. The first-order valence-corrected chi connectivity index (χ1v) is 5.23. The molecule has 3 heteroatoms. The minimum Gasteiger partial charge on any atom is -0.300 e. The Morgan fingerprint density at radius 3 is 2.62 bits per heavy atom. The van der Waals surface area contributed by atoms with Crippen LogP contribution in [0.4, 0.5) is 0 Å². The molecular weight excluding hydrogens is 184 g/mol. The average Bonchev–Trinajstić information content (AvgIpc) is 2.19. The molecular formula is C10H15ClN2. The van der Waals surface area contributed by atoms with Crippen LogP contribution in [0.25, 0.3) is 0 Å². The maximum absolute atomic E-state index is 8.69.